The second-order valence-corrected chi connectivity index (χ2v) is 7.19. The Labute approximate surface area is 171 Å². The van der Waals surface area contributed by atoms with E-state index in [2.05, 4.69) is 29.2 Å². The topological polar surface area (TPSA) is 84.7 Å². The van der Waals surface area contributed by atoms with Crippen molar-refractivity contribution < 1.29 is 18.8 Å². The Morgan fingerprint density at radius 3 is 2.55 bits per heavy atom. The number of esters is 1. The Bertz CT molecular complexity index is 825. The summed E-state index contributed by atoms with van der Waals surface area (Å²) in [6, 6.07) is 6.69. The van der Waals surface area contributed by atoms with Crippen LogP contribution >= 0.6 is 0 Å². The number of hydrogen-bond acceptors (Lipinski definition) is 6. The van der Waals surface area contributed by atoms with Gasteiger partial charge in [0, 0.05) is 24.2 Å². The van der Waals surface area contributed by atoms with Gasteiger partial charge in [-0.2, -0.15) is 0 Å². The second kappa shape index (κ2) is 10.2. The summed E-state index contributed by atoms with van der Waals surface area (Å²) < 4.78 is 10.7. The summed E-state index contributed by atoms with van der Waals surface area (Å²) in [4.78, 5) is 27.0. The molecular formula is C22H29N3O4. The van der Waals surface area contributed by atoms with Crippen molar-refractivity contribution in [3.63, 3.8) is 0 Å². The van der Waals surface area contributed by atoms with Gasteiger partial charge in [-0.3, -0.25) is 4.79 Å². The molecule has 3 rings (SSSR count). The number of fused-ring (bicyclic) bond motifs is 1. The van der Waals surface area contributed by atoms with Crippen LogP contribution in [0.1, 0.15) is 65.3 Å². The van der Waals surface area contributed by atoms with E-state index in [0.717, 1.165) is 63.1 Å². The number of carbonyl (C=O) groups excluding carboxylic acids is 2. The number of ether oxygens (including phenoxy) is 1. The normalized spacial score (nSPS) is 13.6. The summed E-state index contributed by atoms with van der Waals surface area (Å²) in [5, 5.41) is 6.81. The molecule has 29 heavy (non-hydrogen) atoms. The van der Waals surface area contributed by atoms with Crippen LogP contribution < -0.4 is 5.32 Å². The van der Waals surface area contributed by atoms with Crippen LogP contribution in [0, 0.1) is 0 Å². The van der Waals surface area contributed by atoms with Gasteiger partial charge in [-0.05, 0) is 56.6 Å². The Hall–Kier alpha value is -2.67. The zero-order valence-corrected chi connectivity index (χ0v) is 17.2. The highest BCUT2D eigenvalue weighted by Crippen LogP contribution is 2.24. The number of benzene rings is 1. The van der Waals surface area contributed by atoms with Gasteiger partial charge in [-0.25, -0.2) is 4.79 Å². The summed E-state index contributed by atoms with van der Waals surface area (Å²) >= 11 is 0. The van der Waals surface area contributed by atoms with Crippen molar-refractivity contribution in [3.05, 3.63) is 46.8 Å². The SMILES string of the molecule is CCN(CC)CCOC(=O)c1ccc(NC(=O)c2noc3c2CCCCC3)cc1. The van der Waals surface area contributed by atoms with Crippen molar-refractivity contribution >= 4 is 17.6 Å². The number of carbonyl (C=O) groups is 2. The zero-order chi connectivity index (χ0) is 20.6. The third-order valence-electron chi connectivity index (χ3n) is 5.33. The minimum Gasteiger partial charge on any atom is -0.461 e. The molecule has 0 bridgehead atoms. The molecule has 0 spiro atoms. The molecule has 1 heterocycles. The molecule has 1 aromatic heterocycles. The van der Waals surface area contributed by atoms with E-state index >= 15 is 0 Å². The molecule has 1 aliphatic carbocycles. The largest absolute Gasteiger partial charge is 0.461 e. The lowest BCUT2D eigenvalue weighted by molar-refractivity contribution is 0.0466. The fraction of sp³-hybridized carbons (Fsp3) is 0.500. The molecule has 0 aliphatic heterocycles. The second-order valence-electron chi connectivity index (χ2n) is 7.19. The molecule has 1 aliphatic rings. The molecule has 0 fully saturated rings. The number of anilines is 1. The van der Waals surface area contributed by atoms with Crippen molar-refractivity contribution in [2.45, 2.75) is 46.0 Å². The smallest absolute Gasteiger partial charge is 0.338 e. The van der Waals surface area contributed by atoms with Gasteiger partial charge in [-0.1, -0.05) is 25.4 Å². The fourth-order valence-corrected chi connectivity index (χ4v) is 3.51. The van der Waals surface area contributed by atoms with Gasteiger partial charge in [0.2, 0.25) is 0 Å². The van der Waals surface area contributed by atoms with Crippen LogP contribution in [0.15, 0.2) is 28.8 Å². The summed E-state index contributed by atoms with van der Waals surface area (Å²) in [6.45, 7) is 7.09. The summed E-state index contributed by atoms with van der Waals surface area (Å²) in [5.41, 5.74) is 2.34. The summed E-state index contributed by atoms with van der Waals surface area (Å²) in [6.07, 6.45) is 4.90. The third-order valence-corrected chi connectivity index (χ3v) is 5.33. The van der Waals surface area contributed by atoms with E-state index in [1.54, 1.807) is 24.3 Å². The van der Waals surface area contributed by atoms with Crippen LogP contribution in [0.3, 0.4) is 0 Å². The van der Waals surface area contributed by atoms with Gasteiger partial charge in [-0.15, -0.1) is 0 Å². The Morgan fingerprint density at radius 2 is 1.83 bits per heavy atom. The van der Waals surface area contributed by atoms with Crippen molar-refractivity contribution in [1.82, 2.24) is 10.1 Å². The first-order valence-corrected chi connectivity index (χ1v) is 10.4. The molecule has 0 atom stereocenters. The van der Waals surface area contributed by atoms with Gasteiger partial charge in [0.1, 0.15) is 12.4 Å². The highest BCUT2D eigenvalue weighted by Gasteiger charge is 2.23. The number of hydrogen-bond donors (Lipinski definition) is 1. The van der Waals surface area contributed by atoms with Crippen LogP contribution in [0.25, 0.3) is 0 Å². The lowest BCUT2D eigenvalue weighted by Crippen LogP contribution is -2.27. The van der Waals surface area contributed by atoms with E-state index in [1.807, 2.05) is 0 Å². The highest BCUT2D eigenvalue weighted by atomic mass is 16.5. The van der Waals surface area contributed by atoms with E-state index in [4.69, 9.17) is 9.26 Å². The van der Waals surface area contributed by atoms with Crippen LogP contribution in [0.5, 0.6) is 0 Å². The lowest BCUT2D eigenvalue weighted by Gasteiger charge is -2.17. The van der Waals surface area contributed by atoms with Crippen molar-refractivity contribution in [2.24, 2.45) is 0 Å². The molecule has 0 radical (unpaired) electrons. The molecule has 156 valence electrons. The number of rotatable bonds is 8. The third kappa shape index (κ3) is 5.44. The van der Waals surface area contributed by atoms with Gasteiger partial charge in [0.15, 0.2) is 5.69 Å². The molecule has 1 aromatic carbocycles. The minimum absolute atomic E-state index is 0.286. The minimum atomic E-state index is -0.364. The molecular weight excluding hydrogens is 370 g/mol. The van der Waals surface area contributed by atoms with Gasteiger partial charge >= 0.3 is 5.97 Å². The van der Waals surface area contributed by atoms with Crippen LogP contribution in [-0.2, 0) is 17.6 Å². The first kappa shape index (κ1) is 21.0. The molecule has 2 aromatic rings. The Balaban J connectivity index is 1.56. The average molecular weight is 399 g/mol. The average Bonchev–Trinajstić information content (AvgIpc) is 3.00. The monoisotopic (exact) mass is 399 g/mol. The quantitative estimate of drug-likeness (QED) is 0.538. The van der Waals surface area contributed by atoms with E-state index in [9.17, 15) is 9.59 Å². The molecule has 1 amide bonds. The van der Waals surface area contributed by atoms with Gasteiger partial charge < -0.3 is 19.5 Å². The number of nitrogens with zero attached hydrogens (tertiary/aromatic N) is 2. The maximum atomic E-state index is 12.6. The molecule has 0 saturated carbocycles. The molecule has 7 heteroatoms. The number of aromatic nitrogens is 1. The maximum absolute atomic E-state index is 12.6. The molecule has 0 saturated heterocycles. The number of likely N-dealkylation sites (N-methyl/N-ethyl adjacent to an activating group) is 1. The summed E-state index contributed by atoms with van der Waals surface area (Å²) in [5.74, 6) is 0.179. The Kier molecular flexibility index (Phi) is 7.41. The standard InChI is InChI=1S/C22H29N3O4/c1-3-25(4-2)14-15-28-22(27)16-10-12-17(13-11-16)23-21(26)20-18-8-6-5-7-9-19(18)29-24-20/h10-13H,3-9,14-15H2,1-2H3,(H,23,26). The van der Waals surface area contributed by atoms with Crippen LogP contribution in [0.2, 0.25) is 0 Å². The maximum Gasteiger partial charge on any atom is 0.338 e. The van der Waals surface area contributed by atoms with E-state index in [-0.39, 0.29) is 11.9 Å². The Morgan fingerprint density at radius 1 is 1.10 bits per heavy atom. The summed E-state index contributed by atoms with van der Waals surface area (Å²) in [7, 11) is 0. The first-order chi connectivity index (χ1) is 14.1. The highest BCUT2D eigenvalue weighted by molar-refractivity contribution is 6.04. The zero-order valence-electron chi connectivity index (χ0n) is 17.2. The van der Waals surface area contributed by atoms with Crippen molar-refractivity contribution in [3.8, 4) is 0 Å². The predicted molar refractivity (Wildman–Crippen MR) is 110 cm³/mol. The van der Waals surface area contributed by atoms with E-state index in [0.29, 0.717) is 23.6 Å². The van der Waals surface area contributed by atoms with Crippen molar-refractivity contribution in [1.29, 1.82) is 0 Å². The van der Waals surface area contributed by atoms with E-state index in [1.165, 1.54) is 0 Å². The molecule has 1 N–H and O–H groups in total. The lowest BCUT2D eigenvalue weighted by atomic mass is 10.1. The number of aryl methyl sites for hydroxylation is 1. The molecule has 7 nitrogen and oxygen atoms in total. The fourth-order valence-electron chi connectivity index (χ4n) is 3.51. The van der Waals surface area contributed by atoms with Gasteiger partial charge in [0.25, 0.3) is 5.91 Å². The molecule has 0 unspecified atom stereocenters. The van der Waals surface area contributed by atoms with Crippen LogP contribution in [-0.4, -0.2) is 48.2 Å². The number of amides is 1. The van der Waals surface area contributed by atoms with Gasteiger partial charge in [0.05, 0.1) is 5.56 Å². The van der Waals surface area contributed by atoms with Crippen LogP contribution in [0.4, 0.5) is 5.69 Å². The first-order valence-electron chi connectivity index (χ1n) is 10.4. The predicted octanol–water partition coefficient (Wildman–Crippen LogP) is 3.69. The number of nitrogens with one attached hydrogen (secondary N) is 1. The van der Waals surface area contributed by atoms with Crippen molar-refractivity contribution in [2.75, 3.05) is 31.6 Å². The van der Waals surface area contributed by atoms with E-state index < -0.39 is 0 Å².